The molecule has 0 amide bonds. The highest BCUT2D eigenvalue weighted by molar-refractivity contribution is 7.89. The fourth-order valence-corrected chi connectivity index (χ4v) is 2.65. The van der Waals surface area contributed by atoms with E-state index in [-0.39, 0.29) is 9.92 Å². The largest absolute Gasteiger partial charge is 0.243 e. The first kappa shape index (κ1) is 11.8. The van der Waals surface area contributed by atoms with Crippen LogP contribution >= 0.6 is 11.6 Å². The molecule has 16 heavy (non-hydrogen) atoms. The molecule has 0 bridgehead atoms. The fourth-order valence-electron chi connectivity index (χ4n) is 1.32. The van der Waals surface area contributed by atoms with Gasteiger partial charge in [-0.15, -0.1) is 0 Å². The highest BCUT2D eigenvalue weighted by Gasteiger charge is 2.25. The number of nitrogens with one attached hydrogen (secondary N) is 1. The van der Waals surface area contributed by atoms with Gasteiger partial charge < -0.3 is 0 Å². The second-order valence-electron chi connectivity index (χ2n) is 3.87. The number of sulfonamides is 1. The third-order valence-electron chi connectivity index (χ3n) is 2.44. The second-order valence-corrected chi connectivity index (χ2v) is 6.04. The molecule has 0 radical (unpaired) electrons. The molecule has 0 aromatic heterocycles. The van der Waals surface area contributed by atoms with E-state index in [1.807, 2.05) is 0 Å². The van der Waals surface area contributed by atoms with Gasteiger partial charge in [0.2, 0.25) is 10.0 Å². The number of benzene rings is 1. The highest BCUT2D eigenvalue weighted by Crippen LogP contribution is 2.28. The summed E-state index contributed by atoms with van der Waals surface area (Å²) in [5, 5.41) is 0.179. The molecule has 1 aliphatic carbocycles. The Balaban J connectivity index is 2.20. The van der Waals surface area contributed by atoms with Gasteiger partial charge in [-0.3, -0.25) is 0 Å². The van der Waals surface area contributed by atoms with Crippen molar-refractivity contribution in [2.75, 3.05) is 6.54 Å². The number of halogens is 2. The van der Waals surface area contributed by atoms with E-state index in [1.165, 1.54) is 12.1 Å². The molecular formula is C10H11ClFNO2S. The lowest BCUT2D eigenvalue weighted by atomic mass is 10.3. The van der Waals surface area contributed by atoms with Gasteiger partial charge in [0.25, 0.3) is 0 Å². The van der Waals surface area contributed by atoms with Crippen LogP contribution in [-0.4, -0.2) is 15.0 Å². The van der Waals surface area contributed by atoms with Gasteiger partial charge in [-0.25, -0.2) is 17.5 Å². The van der Waals surface area contributed by atoms with Crippen LogP contribution in [0, 0.1) is 11.7 Å². The van der Waals surface area contributed by atoms with Crippen LogP contribution in [0.15, 0.2) is 23.1 Å². The first-order valence-corrected chi connectivity index (χ1v) is 6.80. The molecule has 1 N–H and O–H groups in total. The monoisotopic (exact) mass is 263 g/mol. The van der Waals surface area contributed by atoms with E-state index >= 15 is 0 Å². The Morgan fingerprint density at radius 2 is 2.12 bits per heavy atom. The number of hydrogen-bond acceptors (Lipinski definition) is 2. The molecule has 1 fully saturated rings. The summed E-state index contributed by atoms with van der Waals surface area (Å²) >= 11 is 5.55. The zero-order chi connectivity index (χ0) is 11.8. The predicted molar refractivity (Wildman–Crippen MR) is 59.3 cm³/mol. The maximum absolute atomic E-state index is 13.4. The fraction of sp³-hybridized carbons (Fsp3) is 0.400. The van der Waals surface area contributed by atoms with Gasteiger partial charge in [-0.2, -0.15) is 0 Å². The van der Waals surface area contributed by atoms with E-state index < -0.39 is 15.8 Å². The van der Waals surface area contributed by atoms with Crippen molar-refractivity contribution >= 4 is 21.6 Å². The minimum atomic E-state index is -3.75. The second kappa shape index (κ2) is 4.31. The van der Waals surface area contributed by atoms with Crippen molar-refractivity contribution < 1.29 is 12.8 Å². The zero-order valence-electron chi connectivity index (χ0n) is 8.41. The normalized spacial score (nSPS) is 16.4. The van der Waals surface area contributed by atoms with E-state index in [0.29, 0.717) is 12.5 Å². The maximum Gasteiger partial charge on any atom is 0.243 e. The van der Waals surface area contributed by atoms with Crippen LogP contribution in [0.2, 0.25) is 5.02 Å². The summed E-state index contributed by atoms with van der Waals surface area (Å²) in [6, 6.07) is 3.52. The standard InChI is InChI=1S/C10H11ClFNO2S/c11-8-3-4-10(9(12)5-8)16(14,15)13-6-7-1-2-7/h3-5,7,13H,1-2,6H2. The SMILES string of the molecule is O=S(=O)(NCC1CC1)c1ccc(Cl)cc1F. The molecule has 1 aromatic rings. The molecule has 0 unspecified atom stereocenters. The highest BCUT2D eigenvalue weighted by atomic mass is 35.5. The van der Waals surface area contributed by atoms with Crippen molar-refractivity contribution in [1.29, 1.82) is 0 Å². The molecule has 6 heteroatoms. The average molecular weight is 264 g/mol. The maximum atomic E-state index is 13.4. The molecule has 0 saturated heterocycles. The Morgan fingerprint density at radius 3 is 2.69 bits per heavy atom. The quantitative estimate of drug-likeness (QED) is 0.905. The molecule has 0 atom stereocenters. The molecular weight excluding hydrogens is 253 g/mol. The Morgan fingerprint density at radius 1 is 1.44 bits per heavy atom. The predicted octanol–water partition coefficient (Wildman–Crippen LogP) is 2.17. The smallest absolute Gasteiger partial charge is 0.211 e. The molecule has 88 valence electrons. The van der Waals surface area contributed by atoms with Gasteiger partial charge >= 0.3 is 0 Å². The zero-order valence-corrected chi connectivity index (χ0v) is 9.98. The van der Waals surface area contributed by atoms with Crippen LogP contribution in [-0.2, 0) is 10.0 Å². The summed E-state index contributed by atoms with van der Waals surface area (Å²) in [7, 11) is -3.75. The lowest BCUT2D eigenvalue weighted by Gasteiger charge is -2.06. The Bertz CT molecular complexity index is 500. The first-order chi connectivity index (χ1) is 7.49. The van der Waals surface area contributed by atoms with Crippen LogP contribution in [0.25, 0.3) is 0 Å². The van der Waals surface area contributed by atoms with Gasteiger partial charge in [0.1, 0.15) is 10.7 Å². The summed E-state index contributed by atoms with van der Waals surface area (Å²) < 4.78 is 39.2. The van der Waals surface area contributed by atoms with Crippen molar-refractivity contribution in [2.24, 2.45) is 5.92 Å². The molecule has 0 aliphatic heterocycles. The summed E-state index contributed by atoms with van der Waals surface area (Å²) in [5.41, 5.74) is 0. The number of hydrogen-bond donors (Lipinski definition) is 1. The van der Waals surface area contributed by atoms with Crippen LogP contribution < -0.4 is 4.72 Å². The topological polar surface area (TPSA) is 46.2 Å². The minimum Gasteiger partial charge on any atom is -0.211 e. The molecule has 3 nitrogen and oxygen atoms in total. The van der Waals surface area contributed by atoms with E-state index in [0.717, 1.165) is 18.9 Å². The molecule has 2 rings (SSSR count). The Kier molecular flexibility index (Phi) is 3.19. The average Bonchev–Trinajstić information content (AvgIpc) is 2.97. The molecule has 1 aliphatic rings. The van der Waals surface area contributed by atoms with Crippen LogP contribution in [0.5, 0.6) is 0 Å². The number of rotatable bonds is 4. The summed E-state index contributed by atoms with van der Waals surface area (Å²) in [4.78, 5) is -0.349. The van der Waals surface area contributed by atoms with Crippen molar-refractivity contribution in [2.45, 2.75) is 17.7 Å². The van der Waals surface area contributed by atoms with Gasteiger partial charge in [-0.05, 0) is 37.0 Å². The van der Waals surface area contributed by atoms with E-state index in [2.05, 4.69) is 4.72 Å². The summed E-state index contributed by atoms with van der Waals surface area (Å²) in [5.74, 6) is -0.416. The van der Waals surface area contributed by atoms with Crippen molar-refractivity contribution in [3.8, 4) is 0 Å². The molecule has 1 aromatic carbocycles. The van der Waals surface area contributed by atoms with Crippen molar-refractivity contribution in [1.82, 2.24) is 4.72 Å². The summed E-state index contributed by atoms with van der Waals surface area (Å²) in [6.07, 6.45) is 2.07. The summed E-state index contributed by atoms with van der Waals surface area (Å²) in [6.45, 7) is 0.379. The van der Waals surface area contributed by atoms with Gasteiger partial charge in [0.15, 0.2) is 0 Å². The van der Waals surface area contributed by atoms with Gasteiger partial charge in [-0.1, -0.05) is 11.6 Å². The molecule has 0 heterocycles. The third-order valence-corrected chi connectivity index (χ3v) is 4.13. The van der Waals surface area contributed by atoms with Crippen LogP contribution in [0.4, 0.5) is 4.39 Å². The van der Waals surface area contributed by atoms with Gasteiger partial charge in [0.05, 0.1) is 0 Å². The van der Waals surface area contributed by atoms with Crippen molar-refractivity contribution in [3.05, 3.63) is 29.0 Å². The molecule has 0 spiro atoms. The van der Waals surface area contributed by atoms with E-state index in [9.17, 15) is 12.8 Å². The minimum absolute atomic E-state index is 0.179. The Labute approximate surface area is 98.7 Å². The van der Waals surface area contributed by atoms with E-state index in [4.69, 9.17) is 11.6 Å². The van der Waals surface area contributed by atoms with E-state index in [1.54, 1.807) is 0 Å². The van der Waals surface area contributed by atoms with Gasteiger partial charge in [0, 0.05) is 11.6 Å². The third kappa shape index (κ3) is 2.72. The van der Waals surface area contributed by atoms with Crippen molar-refractivity contribution in [3.63, 3.8) is 0 Å². The Hall–Kier alpha value is -0.650. The lowest BCUT2D eigenvalue weighted by molar-refractivity contribution is 0.554. The van der Waals surface area contributed by atoms with Crippen LogP contribution in [0.3, 0.4) is 0 Å². The van der Waals surface area contributed by atoms with Crippen LogP contribution in [0.1, 0.15) is 12.8 Å². The first-order valence-electron chi connectivity index (χ1n) is 4.94. The lowest BCUT2D eigenvalue weighted by Crippen LogP contribution is -2.26. The molecule has 1 saturated carbocycles.